The van der Waals surface area contributed by atoms with Crippen LogP contribution in [0.25, 0.3) is 0 Å². The number of rotatable bonds is 7. The molecule has 0 radical (unpaired) electrons. The zero-order valence-electron chi connectivity index (χ0n) is 12.5. The summed E-state index contributed by atoms with van der Waals surface area (Å²) >= 11 is 0. The molecule has 0 heterocycles. The molecule has 8 nitrogen and oxygen atoms in total. The van der Waals surface area contributed by atoms with E-state index in [1.54, 1.807) is 24.3 Å². The van der Waals surface area contributed by atoms with Gasteiger partial charge in [0.2, 0.25) is 0 Å². The van der Waals surface area contributed by atoms with Gasteiger partial charge < -0.3 is 19.9 Å². The van der Waals surface area contributed by atoms with Gasteiger partial charge in [-0.3, -0.25) is 9.59 Å². The molecule has 2 N–H and O–H groups in total. The Morgan fingerprint density at radius 3 is 2.39 bits per heavy atom. The number of carboxylic acid groups (broad SMARTS) is 1. The Balaban J connectivity index is 2.32. The largest absolute Gasteiger partial charge is 0.481 e. The number of carbonyl (C=O) groups is 4. The standard InChI is InChI=1S/C15H17NO7/c1-10(14(20)23-13(19)8-7-12(17)18)16-15(21)22-9-11-5-3-2-4-6-11/h2-6,10H,7-9H2,1H3,(H,16,21)(H,17,18)/t10-/m0/s1. The predicted molar refractivity (Wildman–Crippen MR) is 77.2 cm³/mol. The number of esters is 2. The second-order valence-corrected chi connectivity index (χ2v) is 4.61. The fraction of sp³-hybridized carbons (Fsp3) is 0.333. The third-order valence-corrected chi connectivity index (χ3v) is 2.66. The summed E-state index contributed by atoms with van der Waals surface area (Å²) in [5, 5.41) is 10.6. The summed E-state index contributed by atoms with van der Waals surface area (Å²) in [6, 6.07) is 7.84. The molecule has 0 aromatic heterocycles. The maximum Gasteiger partial charge on any atom is 0.408 e. The summed E-state index contributed by atoms with van der Waals surface area (Å²) in [7, 11) is 0. The minimum absolute atomic E-state index is 0.0337. The van der Waals surface area contributed by atoms with Crippen molar-refractivity contribution in [3.05, 3.63) is 35.9 Å². The van der Waals surface area contributed by atoms with Crippen molar-refractivity contribution < 1.29 is 33.8 Å². The number of nitrogens with one attached hydrogen (secondary N) is 1. The summed E-state index contributed by atoms with van der Waals surface area (Å²) in [6.45, 7) is 1.35. The minimum Gasteiger partial charge on any atom is -0.481 e. The summed E-state index contributed by atoms with van der Waals surface area (Å²) in [4.78, 5) is 44.6. The molecule has 1 aromatic rings. The fourth-order valence-electron chi connectivity index (χ4n) is 1.46. The van der Waals surface area contributed by atoms with E-state index < -0.39 is 42.9 Å². The molecule has 23 heavy (non-hydrogen) atoms. The SMILES string of the molecule is C[C@H](NC(=O)OCc1ccccc1)C(=O)OC(=O)CCC(=O)O. The first kappa shape index (κ1) is 18.1. The first-order valence-electron chi connectivity index (χ1n) is 6.82. The molecular formula is C15H17NO7. The lowest BCUT2D eigenvalue weighted by Crippen LogP contribution is -2.40. The molecule has 8 heteroatoms. The molecule has 1 amide bonds. The Morgan fingerprint density at radius 1 is 1.13 bits per heavy atom. The van der Waals surface area contributed by atoms with Crippen molar-refractivity contribution >= 4 is 24.0 Å². The van der Waals surface area contributed by atoms with Crippen molar-refractivity contribution in [3.63, 3.8) is 0 Å². The van der Waals surface area contributed by atoms with Crippen LogP contribution in [0.5, 0.6) is 0 Å². The highest BCUT2D eigenvalue weighted by Crippen LogP contribution is 2.01. The van der Waals surface area contributed by atoms with Gasteiger partial charge in [-0.2, -0.15) is 0 Å². The van der Waals surface area contributed by atoms with Gasteiger partial charge in [-0.05, 0) is 12.5 Å². The van der Waals surface area contributed by atoms with Crippen LogP contribution < -0.4 is 5.32 Å². The molecule has 0 fully saturated rings. The Kier molecular flexibility index (Phi) is 7.25. The molecule has 0 saturated heterocycles. The maximum atomic E-state index is 11.5. The minimum atomic E-state index is -1.18. The molecule has 0 bridgehead atoms. The lowest BCUT2D eigenvalue weighted by atomic mass is 10.2. The van der Waals surface area contributed by atoms with Crippen LogP contribution in [-0.2, 0) is 30.5 Å². The molecular weight excluding hydrogens is 306 g/mol. The molecule has 0 aliphatic carbocycles. The van der Waals surface area contributed by atoms with E-state index in [1.807, 2.05) is 6.07 Å². The normalized spacial score (nSPS) is 11.2. The predicted octanol–water partition coefficient (Wildman–Crippen LogP) is 1.24. The number of benzene rings is 1. The van der Waals surface area contributed by atoms with Crippen molar-refractivity contribution in [2.45, 2.75) is 32.4 Å². The van der Waals surface area contributed by atoms with Crippen LogP contribution >= 0.6 is 0 Å². The molecule has 1 aromatic carbocycles. The Hall–Kier alpha value is -2.90. The highest BCUT2D eigenvalue weighted by Gasteiger charge is 2.21. The quantitative estimate of drug-likeness (QED) is 0.572. The van der Waals surface area contributed by atoms with Crippen molar-refractivity contribution in [2.75, 3.05) is 0 Å². The molecule has 0 aliphatic heterocycles. The average Bonchev–Trinajstić information content (AvgIpc) is 2.51. The van der Waals surface area contributed by atoms with E-state index in [4.69, 9.17) is 9.84 Å². The van der Waals surface area contributed by atoms with Crippen LogP contribution in [0.4, 0.5) is 4.79 Å². The van der Waals surface area contributed by atoms with Gasteiger partial charge in [0.05, 0.1) is 12.8 Å². The van der Waals surface area contributed by atoms with E-state index in [2.05, 4.69) is 10.1 Å². The Labute approximate surface area is 132 Å². The number of hydrogen-bond acceptors (Lipinski definition) is 6. The first-order valence-corrected chi connectivity index (χ1v) is 6.82. The maximum absolute atomic E-state index is 11.5. The smallest absolute Gasteiger partial charge is 0.408 e. The van der Waals surface area contributed by atoms with E-state index in [9.17, 15) is 19.2 Å². The van der Waals surface area contributed by atoms with E-state index in [0.717, 1.165) is 5.56 Å². The number of carbonyl (C=O) groups excluding carboxylic acids is 3. The van der Waals surface area contributed by atoms with Crippen molar-refractivity contribution in [2.24, 2.45) is 0 Å². The van der Waals surface area contributed by atoms with Gasteiger partial charge in [-0.15, -0.1) is 0 Å². The van der Waals surface area contributed by atoms with Gasteiger partial charge in [-0.25, -0.2) is 9.59 Å². The highest BCUT2D eigenvalue weighted by molar-refractivity contribution is 5.90. The van der Waals surface area contributed by atoms with Crippen molar-refractivity contribution in [1.29, 1.82) is 0 Å². The third kappa shape index (κ3) is 7.60. The van der Waals surface area contributed by atoms with Gasteiger partial charge in [0.15, 0.2) is 0 Å². The molecule has 124 valence electrons. The van der Waals surface area contributed by atoms with Crippen molar-refractivity contribution in [3.8, 4) is 0 Å². The van der Waals surface area contributed by atoms with Crippen LogP contribution in [0.3, 0.4) is 0 Å². The second kappa shape index (κ2) is 9.19. The van der Waals surface area contributed by atoms with Gasteiger partial charge >= 0.3 is 24.0 Å². The lowest BCUT2D eigenvalue weighted by molar-refractivity contribution is -0.162. The van der Waals surface area contributed by atoms with Gasteiger partial charge in [0.25, 0.3) is 0 Å². The van der Waals surface area contributed by atoms with Crippen LogP contribution in [0.2, 0.25) is 0 Å². The Morgan fingerprint density at radius 2 is 1.78 bits per heavy atom. The number of ether oxygens (including phenoxy) is 2. The van der Waals surface area contributed by atoms with E-state index in [1.165, 1.54) is 6.92 Å². The van der Waals surface area contributed by atoms with E-state index >= 15 is 0 Å². The lowest BCUT2D eigenvalue weighted by Gasteiger charge is -2.12. The molecule has 0 saturated carbocycles. The molecule has 0 aliphatic rings. The molecule has 0 spiro atoms. The number of hydrogen-bond donors (Lipinski definition) is 2. The number of aliphatic carboxylic acids is 1. The number of alkyl carbamates (subject to hydrolysis) is 1. The fourth-order valence-corrected chi connectivity index (χ4v) is 1.46. The molecule has 0 unspecified atom stereocenters. The topological polar surface area (TPSA) is 119 Å². The van der Waals surface area contributed by atoms with Crippen LogP contribution in [0.1, 0.15) is 25.3 Å². The monoisotopic (exact) mass is 323 g/mol. The van der Waals surface area contributed by atoms with Crippen LogP contribution in [-0.4, -0.2) is 35.1 Å². The van der Waals surface area contributed by atoms with Gasteiger partial charge in [0.1, 0.15) is 12.6 Å². The van der Waals surface area contributed by atoms with Gasteiger partial charge in [-0.1, -0.05) is 30.3 Å². The highest BCUT2D eigenvalue weighted by atomic mass is 16.6. The summed E-state index contributed by atoms with van der Waals surface area (Å²) in [6.07, 6.45) is -1.70. The zero-order valence-corrected chi connectivity index (χ0v) is 12.5. The van der Waals surface area contributed by atoms with Crippen LogP contribution in [0.15, 0.2) is 30.3 Å². The van der Waals surface area contributed by atoms with Crippen molar-refractivity contribution in [1.82, 2.24) is 5.32 Å². The molecule has 1 rings (SSSR count). The van der Waals surface area contributed by atoms with Crippen LogP contribution in [0, 0.1) is 0 Å². The first-order chi connectivity index (χ1) is 10.9. The number of carboxylic acids is 1. The average molecular weight is 323 g/mol. The summed E-state index contributed by atoms with van der Waals surface area (Å²) < 4.78 is 9.33. The van der Waals surface area contributed by atoms with E-state index in [0.29, 0.717) is 0 Å². The number of amides is 1. The van der Waals surface area contributed by atoms with Gasteiger partial charge in [0, 0.05) is 0 Å². The Bertz CT molecular complexity index is 570. The second-order valence-electron chi connectivity index (χ2n) is 4.61. The summed E-state index contributed by atoms with van der Waals surface area (Å²) in [5.41, 5.74) is 0.779. The summed E-state index contributed by atoms with van der Waals surface area (Å²) in [5.74, 6) is -3.13. The molecule has 1 atom stereocenters. The third-order valence-electron chi connectivity index (χ3n) is 2.66. The van der Waals surface area contributed by atoms with E-state index in [-0.39, 0.29) is 6.61 Å². The zero-order chi connectivity index (χ0) is 17.2.